The van der Waals surface area contributed by atoms with E-state index < -0.39 is 0 Å². The summed E-state index contributed by atoms with van der Waals surface area (Å²) in [5.41, 5.74) is 7.39. The van der Waals surface area contributed by atoms with E-state index in [4.69, 9.17) is 17.3 Å². The molecular formula is C13H9Br2ClN2O. The van der Waals surface area contributed by atoms with E-state index >= 15 is 0 Å². The molecule has 0 heterocycles. The van der Waals surface area contributed by atoms with Gasteiger partial charge in [-0.2, -0.15) is 0 Å². The first-order chi connectivity index (χ1) is 8.97. The predicted octanol–water partition coefficient (Wildman–Crippen LogP) is 4.70. The maximum Gasteiger partial charge on any atom is 0.256 e. The lowest BCUT2D eigenvalue weighted by Gasteiger charge is -2.09. The van der Waals surface area contributed by atoms with E-state index in [1.807, 2.05) is 0 Å². The molecule has 0 unspecified atom stereocenters. The highest BCUT2D eigenvalue weighted by Crippen LogP contribution is 2.27. The highest BCUT2D eigenvalue weighted by molar-refractivity contribution is 9.11. The fourth-order valence-corrected chi connectivity index (χ4v) is 2.71. The average molecular weight is 404 g/mol. The van der Waals surface area contributed by atoms with Crippen molar-refractivity contribution < 1.29 is 4.79 Å². The van der Waals surface area contributed by atoms with Gasteiger partial charge >= 0.3 is 0 Å². The summed E-state index contributed by atoms with van der Waals surface area (Å²) in [6.07, 6.45) is 0. The SMILES string of the molecule is Nc1ccc(Br)c(NC(=O)c2ccc(Cl)cc2Br)c1. The van der Waals surface area contributed by atoms with Gasteiger partial charge in [-0.25, -0.2) is 0 Å². The summed E-state index contributed by atoms with van der Waals surface area (Å²) in [6, 6.07) is 10.2. The van der Waals surface area contributed by atoms with Crippen molar-refractivity contribution in [3.05, 3.63) is 55.9 Å². The third-order valence-electron chi connectivity index (χ3n) is 2.41. The lowest BCUT2D eigenvalue weighted by atomic mass is 10.2. The molecule has 0 atom stereocenters. The van der Waals surface area contributed by atoms with Crippen LogP contribution in [0, 0.1) is 0 Å². The second kappa shape index (κ2) is 5.94. The number of nitrogens with one attached hydrogen (secondary N) is 1. The molecule has 2 rings (SSSR count). The highest BCUT2D eigenvalue weighted by atomic mass is 79.9. The summed E-state index contributed by atoms with van der Waals surface area (Å²) in [5, 5.41) is 3.35. The quantitative estimate of drug-likeness (QED) is 0.713. The van der Waals surface area contributed by atoms with E-state index in [9.17, 15) is 4.79 Å². The number of hydrogen-bond donors (Lipinski definition) is 2. The summed E-state index contributed by atoms with van der Waals surface area (Å²) >= 11 is 12.5. The summed E-state index contributed by atoms with van der Waals surface area (Å²) < 4.78 is 1.40. The van der Waals surface area contributed by atoms with Gasteiger partial charge < -0.3 is 11.1 Å². The number of nitrogen functional groups attached to an aromatic ring is 1. The predicted molar refractivity (Wildman–Crippen MR) is 85.7 cm³/mol. The highest BCUT2D eigenvalue weighted by Gasteiger charge is 2.12. The molecule has 0 aromatic heterocycles. The molecule has 0 aliphatic rings. The van der Waals surface area contributed by atoms with E-state index in [0.717, 1.165) is 4.47 Å². The van der Waals surface area contributed by atoms with Crippen LogP contribution in [0.25, 0.3) is 0 Å². The number of benzene rings is 2. The first kappa shape index (κ1) is 14.4. The fraction of sp³-hybridized carbons (Fsp3) is 0. The number of halogens is 3. The summed E-state index contributed by atoms with van der Waals surface area (Å²) in [7, 11) is 0. The van der Waals surface area contributed by atoms with Gasteiger partial charge in [0, 0.05) is 19.7 Å². The first-order valence-corrected chi connectivity index (χ1v) is 7.25. The molecule has 0 saturated carbocycles. The number of anilines is 2. The van der Waals surface area contributed by atoms with E-state index in [1.165, 1.54) is 0 Å². The zero-order valence-corrected chi connectivity index (χ0v) is 13.5. The molecule has 2 aromatic carbocycles. The van der Waals surface area contributed by atoms with Gasteiger partial charge in [-0.05, 0) is 68.3 Å². The summed E-state index contributed by atoms with van der Waals surface area (Å²) in [4.78, 5) is 12.2. The number of nitrogens with two attached hydrogens (primary N) is 1. The molecule has 0 fully saturated rings. The van der Waals surface area contributed by atoms with Crippen molar-refractivity contribution in [2.24, 2.45) is 0 Å². The van der Waals surface area contributed by atoms with Gasteiger partial charge in [0.1, 0.15) is 0 Å². The van der Waals surface area contributed by atoms with Crippen LogP contribution in [0.1, 0.15) is 10.4 Å². The number of hydrogen-bond acceptors (Lipinski definition) is 2. The third-order valence-corrected chi connectivity index (χ3v) is 4.00. The van der Waals surface area contributed by atoms with Crippen molar-refractivity contribution >= 4 is 60.7 Å². The molecular weight excluding hydrogens is 395 g/mol. The second-order valence-corrected chi connectivity index (χ2v) is 5.96. The van der Waals surface area contributed by atoms with Gasteiger partial charge in [0.15, 0.2) is 0 Å². The average Bonchev–Trinajstić information content (AvgIpc) is 2.33. The molecule has 0 bridgehead atoms. The van der Waals surface area contributed by atoms with E-state index in [0.29, 0.717) is 26.4 Å². The Morgan fingerprint density at radius 1 is 1.11 bits per heavy atom. The molecule has 0 spiro atoms. The molecule has 0 saturated heterocycles. The van der Waals surface area contributed by atoms with Crippen molar-refractivity contribution in [1.82, 2.24) is 0 Å². The minimum atomic E-state index is -0.241. The van der Waals surface area contributed by atoms with Crippen molar-refractivity contribution in [2.75, 3.05) is 11.1 Å². The van der Waals surface area contributed by atoms with Crippen LogP contribution in [0.3, 0.4) is 0 Å². The Labute approximate surface area is 132 Å². The normalized spacial score (nSPS) is 10.3. The molecule has 98 valence electrons. The Morgan fingerprint density at radius 3 is 2.53 bits per heavy atom. The van der Waals surface area contributed by atoms with Gasteiger partial charge in [0.25, 0.3) is 5.91 Å². The first-order valence-electron chi connectivity index (χ1n) is 5.29. The zero-order valence-electron chi connectivity index (χ0n) is 9.58. The standard InChI is InChI=1S/C13H9Br2ClN2O/c14-10-4-2-8(17)6-12(10)18-13(19)9-3-1-7(16)5-11(9)15/h1-6H,17H2,(H,18,19). The Morgan fingerprint density at radius 2 is 1.84 bits per heavy atom. The molecule has 19 heavy (non-hydrogen) atoms. The largest absolute Gasteiger partial charge is 0.399 e. The topological polar surface area (TPSA) is 55.1 Å². The Hall–Kier alpha value is -1.04. The van der Waals surface area contributed by atoms with Gasteiger partial charge in [0.2, 0.25) is 0 Å². The fourth-order valence-electron chi connectivity index (χ4n) is 1.50. The molecule has 0 aliphatic heterocycles. The minimum Gasteiger partial charge on any atom is -0.399 e. The molecule has 3 N–H and O–H groups in total. The van der Waals surface area contributed by atoms with Crippen LogP contribution >= 0.6 is 43.5 Å². The lowest BCUT2D eigenvalue weighted by Crippen LogP contribution is -2.13. The number of amides is 1. The number of carbonyl (C=O) groups is 1. The van der Waals surface area contributed by atoms with Gasteiger partial charge in [-0.3, -0.25) is 4.79 Å². The minimum absolute atomic E-state index is 0.241. The van der Waals surface area contributed by atoms with E-state index in [2.05, 4.69) is 37.2 Å². The number of carbonyl (C=O) groups excluding carboxylic acids is 1. The number of rotatable bonds is 2. The van der Waals surface area contributed by atoms with Crippen LogP contribution in [-0.4, -0.2) is 5.91 Å². The van der Waals surface area contributed by atoms with Crippen LogP contribution < -0.4 is 11.1 Å². The second-order valence-electron chi connectivity index (χ2n) is 3.82. The van der Waals surface area contributed by atoms with Crippen LogP contribution in [0.15, 0.2) is 45.3 Å². The smallest absolute Gasteiger partial charge is 0.256 e. The molecule has 6 heteroatoms. The molecule has 3 nitrogen and oxygen atoms in total. The van der Waals surface area contributed by atoms with Gasteiger partial charge in [0.05, 0.1) is 11.3 Å². The van der Waals surface area contributed by atoms with Crippen molar-refractivity contribution in [2.45, 2.75) is 0 Å². The molecule has 1 amide bonds. The Balaban J connectivity index is 2.28. The van der Waals surface area contributed by atoms with Crippen LogP contribution in [0.2, 0.25) is 5.02 Å². The van der Waals surface area contributed by atoms with Gasteiger partial charge in [-0.1, -0.05) is 11.6 Å². The molecule has 2 aromatic rings. The summed E-state index contributed by atoms with van der Waals surface area (Å²) in [6.45, 7) is 0. The van der Waals surface area contributed by atoms with E-state index in [1.54, 1.807) is 36.4 Å². The zero-order chi connectivity index (χ0) is 14.0. The summed E-state index contributed by atoms with van der Waals surface area (Å²) in [5.74, 6) is -0.241. The molecule has 0 aliphatic carbocycles. The van der Waals surface area contributed by atoms with Crippen molar-refractivity contribution in [3.8, 4) is 0 Å². The van der Waals surface area contributed by atoms with Crippen LogP contribution in [-0.2, 0) is 0 Å². The van der Waals surface area contributed by atoms with Crippen LogP contribution in [0.4, 0.5) is 11.4 Å². The van der Waals surface area contributed by atoms with Gasteiger partial charge in [-0.15, -0.1) is 0 Å². The van der Waals surface area contributed by atoms with Crippen molar-refractivity contribution in [3.63, 3.8) is 0 Å². The maximum absolute atomic E-state index is 12.2. The maximum atomic E-state index is 12.2. The van der Waals surface area contributed by atoms with Crippen LogP contribution in [0.5, 0.6) is 0 Å². The van der Waals surface area contributed by atoms with Crippen molar-refractivity contribution in [1.29, 1.82) is 0 Å². The lowest BCUT2D eigenvalue weighted by molar-refractivity contribution is 0.102. The van der Waals surface area contributed by atoms with E-state index in [-0.39, 0.29) is 5.91 Å². The Kier molecular flexibility index (Phi) is 4.50. The monoisotopic (exact) mass is 402 g/mol. The molecule has 0 radical (unpaired) electrons. The third kappa shape index (κ3) is 3.49. The Bertz CT molecular complexity index is 647.